The minimum atomic E-state index is 0.939. The quantitative estimate of drug-likeness (QED) is 0.595. The van der Waals surface area contributed by atoms with E-state index in [1.165, 1.54) is 0 Å². The van der Waals surface area contributed by atoms with Crippen molar-refractivity contribution >= 4 is 23.5 Å². The van der Waals surface area contributed by atoms with Crippen LogP contribution in [-0.4, -0.2) is 10.8 Å². The van der Waals surface area contributed by atoms with Crippen molar-refractivity contribution in [3.05, 3.63) is 18.5 Å². The second kappa shape index (κ2) is 2.54. The Morgan fingerprint density at radius 1 is 1.55 bits per heavy atom. The zero-order valence-corrected chi connectivity index (χ0v) is 6.85. The van der Waals surface area contributed by atoms with E-state index in [1.807, 2.05) is 19.2 Å². The summed E-state index contributed by atoms with van der Waals surface area (Å²) < 4.78 is 3.06. The largest absolute Gasteiger partial charge is 0.314 e. The van der Waals surface area contributed by atoms with Crippen molar-refractivity contribution in [3.63, 3.8) is 0 Å². The molecular formula is C7H7N3S. The summed E-state index contributed by atoms with van der Waals surface area (Å²) in [6.07, 6.45) is 3.56. The molecule has 0 unspecified atom stereocenters. The zero-order valence-electron chi connectivity index (χ0n) is 6.03. The number of aromatic nitrogens is 1. The first kappa shape index (κ1) is 6.67. The van der Waals surface area contributed by atoms with Crippen LogP contribution in [0.1, 0.15) is 6.92 Å². The summed E-state index contributed by atoms with van der Waals surface area (Å²) in [5, 5.41) is 0. The zero-order chi connectivity index (χ0) is 7.68. The van der Waals surface area contributed by atoms with Gasteiger partial charge in [0.25, 0.3) is 0 Å². The molecule has 11 heavy (non-hydrogen) atoms. The Kier molecular flexibility index (Phi) is 1.54. The van der Waals surface area contributed by atoms with Crippen LogP contribution in [0.2, 0.25) is 0 Å². The van der Waals surface area contributed by atoms with Gasteiger partial charge in [-0.3, -0.25) is 4.98 Å². The SMILES string of the molecule is CC1=Nc2ccncc2SN1. The van der Waals surface area contributed by atoms with Gasteiger partial charge in [0.2, 0.25) is 0 Å². The van der Waals surface area contributed by atoms with Crippen molar-refractivity contribution in [3.8, 4) is 0 Å². The van der Waals surface area contributed by atoms with Gasteiger partial charge < -0.3 is 4.72 Å². The first-order valence-electron chi connectivity index (χ1n) is 3.28. The number of amidine groups is 1. The standard InChI is InChI=1S/C7H7N3S/c1-5-9-6-2-3-8-4-7(6)11-10-5/h2-4H,1H3,(H,9,10). The summed E-state index contributed by atoms with van der Waals surface area (Å²) in [6, 6.07) is 1.91. The molecule has 1 N–H and O–H groups in total. The van der Waals surface area contributed by atoms with Crippen molar-refractivity contribution in [2.75, 3.05) is 0 Å². The Bertz CT molecular complexity index is 308. The molecule has 2 heterocycles. The van der Waals surface area contributed by atoms with E-state index >= 15 is 0 Å². The molecule has 0 aliphatic carbocycles. The summed E-state index contributed by atoms with van der Waals surface area (Å²) in [7, 11) is 0. The number of pyridine rings is 1. The van der Waals surface area contributed by atoms with Gasteiger partial charge in [0.1, 0.15) is 5.84 Å². The van der Waals surface area contributed by atoms with Gasteiger partial charge in [0.05, 0.1) is 10.6 Å². The first-order valence-corrected chi connectivity index (χ1v) is 4.10. The number of fused-ring (bicyclic) bond motifs is 1. The van der Waals surface area contributed by atoms with Crippen LogP contribution in [-0.2, 0) is 0 Å². The highest BCUT2D eigenvalue weighted by Gasteiger charge is 2.07. The van der Waals surface area contributed by atoms with E-state index in [4.69, 9.17) is 0 Å². The van der Waals surface area contributed by atoms with Crippen LogP contribution in [0.3, 0.4) is 0 Å². The fraction of sp³-hybridized carbons (Fsp3) is 0.143. The lowest BCUT2D eigenvalue weighted by atomic mass is 10.4. The third-order valence-corrected chi connectivity index (χ3v) is 2.29. The van der Waals surface area contributed by atoms with Crippen LogP contribution in [0, 0.1) is 0 Å². The van der Waals surface area contributed by atoms with Crippen molar-refractivity contribution in [1.82, 2.24) is 9.71 Å². The fourth-order valence-corrected chi connectivity index (χ4v) is 1.51. The lowest BCUT2D eigenvalue weighted by Crippen LogP contribution is -2.13. The molecule has 0 spiro atoms. The van der Waals surface area contributed by atoms with Crippen LogP contribution in [0.4, 0.5) is 5.69 Å². The molecule has 1 aromatic rings. The summed E-state index contributed by atoms with van der Waals surface area (Å²) in [6.45, 7) is 1.94. The van der Waals surface area contributed by atoms with Gasteiger partial charge in [-0.1, -0.05) is 0 Å². The number of aliphatic imine (C=N–C) groups is 1. The topological polar surface area (TPSA) is 37.3 Å². The number of rotatable bonds is 0. The van der Waals surface area contributed by atoms with Gasteiger partial charge in [-0.05, 0) is 24.9 Å². The van der Waals surface area contributed by atoms with E-state index in [-0.39, 0.29) is 0 Å². The number of hydrogen-bond acceptors (Lipinski definition) is 4. The normalized spacial score (nSPS) is 14.8. The molecule has 0 saturated heterocycles. The third-order valence-electron chi connectivity index (χ3n) is 1.36. The molecule has 0 bridgehead atoms. The molecule has 1 aliphatic rings. The predicted molar refractivity (Wildman–Crippen MR) is 46.0 cm³/mol. The number of nitrogens with one attached hydrogen (secondary N) is 1. The Hall–Kier alpha value is -1.03. The predicted octanol–water partition coefficient (Wildman–Crippen LogP) is 1.74. The van der Waals surface area contributed by atoms with E-state index in [0.717, 1.165) is 16.4 Å². The highest BCUT2D eigenvalue weighted by molar-refractivity contribution is 7.98. The number of hydrogen-bond donors (Lipinski definition) is 1. The minimum Gasteiger partial charge on any atom is -0.314 e. The molecule has 1 aliphatic heterocycles. The van der Waals surface area contributed by atoms with Gasteiger partial charge in [-0.15, -0.1) is 0 Å². The second-order valence-corrected chi connectivity index (χ2v) is 3.09. The highest BCUT2D eigenvalue weighted by Crippen LogP contribution is 2.29. The smallest absolute Gasteiger partial charge is 0.109 e. The fourth-order valence-electron chi connectivity index (χ4n) is 0.876. The molecule has 0 fully saturated rings. The van der Waals surface area contributed by atoms with Crippen LogP contribution >= 0.6 is 11.9 Å². The number of nitrogens with zero attached hydrogens (tertiary/aromatic N) is 2. The molecule has 4 heteroatoms. The summed E-state index contributed by atoms with van der Waals surface area (Å²) >= 11 is 1.55. The van der Waals surface area contributed by atoms with E-state index < -0.39 is 0 Å². The maximum atomic E-state index is 4.29. The van der Waals surface area contributed by atoms with Crippen molar-refractivity contribution in [2.24, 2.45) is 4.99 Å². The van der Waals surface area contributed by atoms with Crippen LogP contribution in [0.15, 0.2) is 28.3 Å². The molecule has 0 amide bonds. The second-order valence-electron chi connectivity index (χ2n) is 2.24. The lowest BCUT2D eigenvalue weighted by Gasteiger charge is -2.12. The van der Waals surface area contributed by atoms with Gasteiger partial charge in [0.15, 0.2) is 0 Å². The van der Waals surface area contributed by atoms with E-state index in [2.05, 4.69) is 14.7 Å². The molecule has 2 rings (SSSR count). The molecule has 3 nitrogen and oxygen atoms in total. The van der Waals surface area contributed by atoms with E-state index in [0.29, 0.717) is 0 Å². The Morgan fingerprint density at radius 3 is 3.36 bits per heavy atom. The van der Waals surface area contributed by atoms with Gasteiger partial charge in [-0.2, -0.15) is 0 Å². The van der Waals surface area contributed by atoms with Crippen molar-refractivity contribution in [1.29, 1.82) is 0 Å². The van der Waals surface area contributed by atoms with Gasteiger partial charge in [-0.25, -0.2) is 4.99 Å². The molecule has 56 valence electrons. The summed E-state index contributed by atoms with van der Waals surface area (Å²) in [5.74, 6) is 0.939. The average molecular weight is 165 g/mol. The Labute approximate surface area is 69.1 Å². The van der Waals surface area contributed by atoms with Crippen LogP contribution in [0.25, 0.3) is 0 Å². The van der Waals surface area contributed by atoms with Gasteiger partial charge >= 0.3 is 0 Å². The van der Waals surface area contributed by atoms with Crippen molar-refractivity contribution in [2.45, 2.75) is 11.8 Å². The average Bonchev–Trinajstić information content (AvgIpc) is 2.04. The van der Waals surface area contributed by atoms with E-state index in [1.54, 1.807) is 18.1 Å². The van der Waals surface area contributed by atoms with Crippen molar-refractivity contribution < 1.29 is 0 Å². The summed E-state index contributed by atoms with van der Waals surface area (Å²) in [5.41, 5.74) is 1.00. The first-order chi connectivity index (χ1) is 5.36. The maximum absolute atomic E-state index is 4.29. The van der Waals surface area contributed by atoms with Crippen LogP contribution < -0.4 is 4.72 Å². The summed E-state index contributed by atoms with van der Waals surface area (Å²) in [4.78, 5) is 9.37. The Morgan fingerprint density at radius 2 is 2.45 bits per heavy atom. The van der Waals surface area contributed by atoms with E-state index in [9.17, 15) is 0 Å². The molecular weight excluding hydrogens is 158 g/mol. The molecule has 0 saturated carbocycles. The molecule has 0 aromatic carbocycles. The molecule has 0 radical (unpaired) electrons. The lowest BCUT2D eigenvalue weighted by molar-refractivity contribution is 1.19. The third kappa shape index (κ3) is 1.21. The maximum Gasteiger partial charge on any atom is 0.109 e. The van der Waals surface area contributed by atoms with Gasteiger partial charge in [0, 0.05) is 12.4 Å². The minimum absolute atomic E-state index is 0.939. The highest BCUT2D eigenvalue weighted by atomic mass is 32.2. The Balaban J connectivity index is 2.51. The molecule has 0 atom stereocenters. The monoisotopic (exact) mass is 165 g/mol. The van der Waals surface area contributed by atoms with Crippen LogP contribution in [0.5, 0.6) is 0 Å². The molecule has 1 aromatic heterocycles.